The van der Waals surface area contributed by atoms with Crippen LogP contribution in [0.4, 0.5) is 18.0 Å². The Labute approximate surface area is 147 Å². The molecule has 2 aromatic carbocycles. The maximum absolute atomic E-state index is 13.3. The summed E-state index contributed by atoms with van der Waals surface area (Å²) in [5.74, 6) is -0.857. The average Bonchev–Trinajstić information content (AvgIpc) is 2.99. The molecule has 0 saturated carbocycles. The number of alkyl halides is 3. The van der Waals surface area contributed by atoms with Crippen molar-refractivity contribution in [2.24, 2.45) is 0 Å². The van der Waals surface area contributed by atoms with Crippen LogP contribution in [0, 0.1) is 0 Å². The second-order valence-corrected chi connectivity index (χ2v) is 5.97. The van der Waals surface area contributed by atoms with Crippen molar-refractivity contribution in [3.63, 3.8) is 0 Å². The van der Waals surface area contributed by atoms with E-state index >= 15 is 0 Å². The van der Waals surface area contributed by atoms with Crippen LogP contribution in [0.1, 0.15) is 21.6 Å². The second kappa shape index (κ2) is 6.33. The van der Waals surface area contributed by atoms with Gasteiger partial charge < -0.3 is 4.90 Å². The number of carbonyl (C=O) groups excluding carboxylic acids is 2. The summed E-state index contributed by atoms with van der Waals surface area (Å²) in [6, 6.07) is 12.2. The Kier molecular flexibility index (Phi) is 4.31. The van der Waals surface area contributed by atoms with E-state index in [9.17, 15) is 22.8 Å². The third-order valence-electron chi connectivity index (χ3n) is 3.99. The standard InChI is InChI=1S/C19H15F3N2O2/c1-23(2)18(26)24-15-10-6-3-7-12(15)11-16(24)17(25)13-8-4-5-9-14(13)19(20,21)22/h3-11H,1-2H3. The van der Waals surface area contributed by atoms with E-state index in [1.165, 1.54) is 37.2 Å². The number of para-hydroxylation sites is 1. The monoisotopic (exact) mass is 360 g/mol. The van der Waals surface area contributed by atoms with E-state index in [1.807, 2.05) is 0 Å². The van der Waals surface area contributed by atoms with E-state index in [0.29, 0.717) is 10.9 Å². The SMILES string of the molecule is CN(C)C(=O)n1c(C(=O)c2ccccc2C(F)(F)F)cc2ccccc21. The summed E-state index contributed by atoms with van der Waals surface area (Å²) in [4.78, 5) is 26.8. The fraction of sp³-hybridized carbons (Fsp3) is 0.158. The van der Waals surface area contributed by atoms with E-state index in [-0.39, 0.29) is 5.69 Å². The Morgan fingerprint density at radius 3 is 2.23 bits per heavy atom. The molecule has 0 aliphatic heterocycles. The largest absolute Gasteiger partial charge is 0.417 e. The molecule has 0 saturated heterocycles. The molecule has 134 valence electrons. The molecular formula is C19H15F3N2O2. The van der Waals surface area contributed by atoms with Crippen molar-refractivity contribution in [2.45, 2.75) is 6.18 Å². The van der Waals surface area contributed by atoms with Gasteiger partial charge in [0.1, 0.15) is 0 Å². The maximum atomic E-state index is 13.3. The number of nitrogens with zero attached hydrogens (tertiary/aromatic N) is 2. The average molecular weight is 360 g/mol. The van der Waals surface area contributed by atoms with Crippen molar-refractivity contribution in [1.29, 1.82) is 0 Å². The summed E-state index contributed by atoms with van der Waals surface area (Å²) >= 11 is 0. The minimum absolute atomic E-state index is 0.110. The van der Waals surface area contributed by atoms with Gasteiger partial charge in [-0.25, -0.2) is 4.79 Å². The molecule has 1 aromatic heterocycles. The molecule has 0 fully saturated rings. The molecule has 1 heterocycles. The number of benzene rings is 2. The summed E-state index contributed by atoms with van der Waals surface area (Å²) in [5.41, 5.74) is -1.17. The highest BCUT2D eigenvalue weighted by Crippen LogP contribution is 2.33. The van der Waals surface area contributed by atoms with Crippen molar-refractivity contribution in [3.8, 4) is 0 Å². The Morgan fingerprint density at radius 2 is 1.58 bits per heavy atom. The van der Waals surface area contributed by atoms with Crippen LogP contribution in [0.15, 0.2) is 54.6 Å². The fourth-order valence-electron chi connectivity index (χ4n) is 2.79. The van der Waals surface area contributed by atoms with Gasteiger partial charge in [0.05, 0.1) is 16.8 Å². The first kappa shape index (κ1) is 17.7. The molecule has 4 nitrogen and oxygen atoms in total. The predicted octanol–water partition coefficient (Wildman–Crippen LogP) is 4.42. The van der Waals surface area contributed by atoms with Crippen LogP contribution in [0.5, 0.6) is 0 Å². The van der Waals surface area contributed by atoms with Crippen molar-refractivity contribution in [3.05, 3.63) is 71.4 Å². The molecule has 0 aliphatic rings. The molecule has 0 aliphatic carbocycles. The molecule has 7 heteroatoms. The van der Waals surface area contributed by atoms with Gasteiger partial charge >= 0.3 is 12.2 Å². The summed E-state index contributed by atoms with van der Waals surface area (Å²) < 4.78 is 41.0. The number of halogens is 3. The van der Waals surface area contributed by atoms with Gasteiger partial charge in [0.2, 0.25) is 5.78 Å². The zero-order chi connectivity index (χ0) is 19.1. The number of amides is 1. The Hall–Kier alpha value is -3.09. The highest BCUT2D eigenvalue weighted by Gasteiger charge is 2.36. The van der Waals surface area contributed by atoms with Gasteiger partial charge in [0, 0.05) is 25.0 Å². The minimum Gasteiger partial charge on any atom is -0.330 e. The molecule has 1 amide bonds. The summed E-state index contributed by atoms with van der Waals surface area (Å²) in [6.07, 6.45) is -4.67. The predicted molar refractivity (Wildman–Crippen MR) is 91.3 cm³/mol. The van der Waals surface area contributed by atoms with E-state index < -0.39 is 29.1 Å². The first-order valence-electron chi connectivity index (χ1n) is 7.75. The molecule has 0 unspecified atom stereocenters. The van der Waals surface area contributed by atoms with Crippen molar-refractivity contribution in [2.75, 3.05) is 14.1 Å². The van der Waals surface area contributed by atoms with Gasteiger partial charge in [-0.1, -0.05) is 36.4 Å². The van der Waals surface area contributed by atoms with Crippen molar-refractivity contribution < 1.29 is 22.8 Å². The third-order valence-corrected chi connectivity index (χ3v) is 3.99. The highest BCUT2D eigenvalue weighted by atomic mass is 19.4. The van der Waals surface area contributed by atoms with Crippen molar-refractivity contribution in [1.82, 2.24) is 9.47 Å². The molecule has 0 spiro atoms. The van der Waals surface area contributed by atoms with E-state index in [0.717, 1.165) is 16.7 Å². The summed E-state index contributed by atoms with van der Waals surface area (Å²) in [6.45, 7) is 0. The van der Waals surface area contributed by atoms with Crippen LogP contribution in [0.25, 0.3) is 10.9 Å². The Bertz CT molecular complexity index is 1000. The van der Waals surface area contributed by atoms with Crippen LogP contribution >= 0.6 is 0 Å². The van der Waals surface area contributed by atoms with Gasteiger partial charge in [0.15, 0.2) is 0 Å². The van der Waals surface area contributed by atoms with Crippen LogP contribution in [-0.2, 0) is 6.18 Å². The smallest absolute Gasteiger partial charge is 0.330 e. The summed E-state index contributed by atoms with van der Waals surface area (Å²) in [7, 11) is 3.02. The van der Waals surface area contributed by atoms with Crippen LogP contribution in [0.2, 0.25) is 0 Å². The third kappa shape index (κ3) is 2.96. The van der Waals surface area contributed by atoms with Gasteiger partial charge in [-0.15, -0.1) is 0 Å². The lowest BCUT2D eigenvalue weighted by molar-refractivity contribution is -0.137. The van der Waals surface area contributed by atoms with E-state index in [1.54, 1.807) is 24.3 Å². The van der Waals surface area contributed by atoms with Crippen LogP contribution < -0.4 is 0 Å². The normalized spacial score (nSPS) is 11.6. The van der Waals surface area contributed by atoms with E-state index in [2.05, 4.69) is 0 Å². The van der Waals surface area contributed by atoms with Gasteiger partial charge in [-0.2, -0.15) is 13.2 Å². The molecule has 0 radical (unpaired) electrons. The number of carbonyl (C=O) groups is 2. The van der Waals surface area contributed by atoms with Gasteiger partial charge in [-0.05, 0) is 18.2 Å². The summed E-state index contributed by atoms with van der Waals surface area (Å²) in [5, 5.41) is 0.593. The number of fused-ring (bicyclic) bond motifs is 1. The molecule has 26 heavy (non-hydrogen) atoms. The Balaban J connectivity index is 2.25. The van der Waals surface area contributed by atoms with Crippen LogP contribution in [-0.4, -0.2) is 35.4 Å². The number of aromatic nitrogens is 1. The lowest BCUT2D eigenvalue weighted by Crippen LogP contribution is -2.30. The zero-order valence-corrected chi connectivity index (χ0v) is 14.0. The topological polar surface area (TPSA) is 42.3 Å². The second-order valence-electron chi connectivity index (χ2n) is 5.97. The molecular weight excluding hydrogens is 345 g/mol. The fourth-order valence-corrected chi connectivity index (χ4v) is 2.79. The Morgan fingerprint density at radius 1 is 0.962 bits per heavy atom. The molecule has 0 atom stereocenters. The molecule has 0 N–H and O–H groups in total. The van der Waals surface area contributed by atoms with Crippen LogP contribution in [0.3, 0.4) is 0 Å². The zero-order valence-electron chi connectivity index (χ0n) is 14.0. The van der Waals surface area contributed by atoms with Gasteiger partial charge in [-0.3, -0.25) is 9.36 Å². The molecule has 0 bridgehead atoms. The minimum atomic E-state index is -4.67. The molecule has 3 aromatic rings. The highest BCUT2D eigenvalue weighted by molar-refractivity contribution is 6.14. The van der Waals surface area contributed by atoms with E-state index in [4.69, 9.17) is 0 Å². The number of ketones is 1. The first-order chi connectivity index (χ1) is 12.2. The lowest BCUT2D eigenvalue weighted by Gasteiger charge is -2.16. The lowest BCUT2D eigenvalue weighted by atomic mass is 10.0. The van der Waals surface area contributed by atoms with Gasteiger partial charge in [0.25, 0.3) is 0 Å². The quantitative estimate of drug-likeness (QED) is 0.635. The maximum Gasteiger partial charge on any atom is 0.417 e. The first-order valence-corrected chi connectivity index (χ1v) is 7.75. The number of hydrogen-bond acceptors (Lipinski definition) is 2. The molecule has 3 rings (SSSR count). The van der Waals surface area contributed by atoms with Crippen molar-refractivity contribution >= 4 is 22.7 Å². The number of rotatable bonds is 2. The number of hydrogen-bond donors (Lipinski definition) is 0.